The molecule has 59 valence electrons. The predicted molar refractivity (Wildman–Crippen MR) is 50.1 cm³/mol. The molecule has 0 bridgehead atoms. The van der Waals surface area contributed by atoms with Crippen molar-refractivity contribution < 1.29 is 5.11 Å². The Bertz CT molecular complexity index is 248. The van der Waals surface area contributed by atoms with Gasteiger partial charge >= 0.3 is 0 Å². The van der Waals surface area contributed by atoms with Crippen LogP contribution in [0.25, 0.3) is 0 Å². The number of hydrogen-bond donors (Lipinski definition) is 0. The van der Waals surface area contributed by atoms with E-state index in [-0.39, 0.29) is 5.75 Å². The first-order valence-corrected chi connectivity index (χ1v) is 5.62. The zero-order valence-corrected chi connectivity index (χ0v) is 8.09. The molecule has 1 aromatic carbocycles. The monoisotopic (exact) mass is 185 g/mol. The first-order chi connectivity index (χ1) is 5.27. The normalized spacial score (nSPS) is 10.0. The Kier molecular flexibility index (Phi) is 3.15. The second-order valence-electron chi connectivity index (χ2n) is 2.02. The molecule has 0 aromatic heterocycles. The molecule has 1 radical (unpaired) electrons. The molecule has 0 aliphatic rings. The van der Waals surface area contributed by atoms with Crippen molar-refractivity contribution in [2.24, 2.45) is 0 Å². The van der Waals surface area contributed by atoms with Gasteiger partial charge in [0.2, 0.25) is 0 Å². The summed E-state index contributed by atoms with van der Waals surface area (Å²) in [5.74, 6) is 0.121. The van der Waals surface area contributed by atoms with Crippen LogP contribution in [0.15, 0.2) is 28.0 Å². The molecule has 0 atom stereocenters. The molecule has 0 aliphatic carbocycles. The molecular formula is C8H9OS2. The Labute approximate surface area is 75.2 Å². The second kappa shape index (κ2) is 3.93. The molecule has 0 spiro atoms. The number of benzene rings is 1. The van der Waals surface area contributed by atoms with Gasteiger partial charge in [0.25, 0.3) is 0 Å². The fraction of sp³-hybridized carbons (Fsp3) is 0.250. The van der Waals surface area contributed by atoms with Crippen LogP contribution in [0.2, 0.25) is 0 Å². The van der Waals surface area contributed by atoms with Gasteiger partial charge in [-0.15, -0.1) is 23.5 Å². The molecule has 1 nitrogen and oxygen atoms in total. The van der Waals surface area contributed by atoms with Crippen molar-refractivity contribution in [3.63, 3.8) is 0 Å². The summed E-state index contributed by atoms with van der Waals surface area (Å²) in [5, 5.41) is 11.1. The molecule has 0 aliphatic heterocycles. The van der Waals surface area contributed by atoms with Crippen molar-refractivity contribution in [2.75, 3.05) is 12.5 Å². The molecule has 0 fully saturated rings. The van der Waals surface area contributed by atoms with Gasteiger partial charge in [0, 0.05) is 4.90 Å². The standard InChI is InChI=1S/C8H9OS2/c1-10-6-3-4-7(9)8(5-6)11-2/h3-5H,1-2H3. The van der Waals surface area contributed by atoms with Gasteiger partial charge in [0.05, 0.1) is 4.90 Å². The van der Waals surface area contributed by atoms with Crippen LogP contribution in [0, 0.1) is 0 Å². The minimum absolute atomic E-state index is 0.121. The maximum atomic E-state index is 11.1. The summed E-state index contributed by atoms with van der Waals surface area (Å²) in [6.07, 6.45) is 3.92. The minimum atomic E-state index is 0.121. The van der Waals surface area contributed by atoms with Crippen LogP contribution >= 0.6 is 23.5 Å². The number of thioether (sulfide) groups is 2. The third-order valence-electron chi connectivity index (χ3n) is 1.37. The van der Waals surface area contributed by atoms with Gasteiger partial charge in [-0.1, -0.05) is 0 Å². The smallest absolute Gasteiger partial charge is 0.192 e. The van der Waals surface area contributed by atoms with Crippen LogP contribution < -0.4 is 0 Å². The molecule has 0 amide bonds. The van der Waals surface area contributed by atoms with E-state index >= 15 is 0 Å². The molecule has 1 aromatic rings. The van der Waals surface area contributed by atoms with E-state index in [4.69, 9.17) is 0 Å². The summed E-state index contributed by atoms with van der Waals surface area (Å²) in [4.78, 5) is 1.98. The Balaban J connectivity index is 3.02. The summed E-state index contributed by atoms with van der Waals surface area (Å²) in [6, 6.07) is 5.40. The van der Waals surface area contributed by atoms with Crippen molar-refractivity contribution in [2.45, 2.75) is 9.79 Å². The van der Waals surface area contributed by atoms with Gasteiger partial charge < -0.3 is 0 Å². The highest BCUT2D eigenvalue weighted by Gasteiger charge is 2.01. The van der Waals surface area contributed by atoms with Gasteiger partial charge in [-0.3, -0.25) is 5.11 Å². The minimum Gasteiger partial charge on any atom is -0.289 e. The zero-order chi connectivity index (χ0) is 8.27. The molecule has 0 unspecified atom stereocenters. The lowest BCUT2D eigenvalue weighted by atomic mass is 10.3. The van der Waals surface area contributed by atoms with Crippen molar-refractivity contribution in [1.82, 2.24) is 0 Å². The first kappa shape index (κ1) is 8.81. The number of hydrogen-bond acceptors (Lipinski definition) is 2. The molecule has 11 heavy (non-hydrogen) atoms. The van der Waals surface area contributed by atoms with Gasteiger partial charge in [0.1, 0.15) is 0 Å². The summed E-state index contributed by atoms with van der Waals surface area (Å²) in [6.45, 7) is 0. The van der Waals surface area contributed by atoms with Gasteiger partial charge in [-0.05, 0) is 30.7 Å². The van der Waals surface area contributed by atoms with E-state index in [0.717, 1.165) is 9.79 Å². The van der Waals surface area contributed by atoms with Crippen molar-refractivity contribution in [1.29, 1.82) is 0 Å². The summed E-state index contributed by atoms with van der Waals surface area (Å²) >= 11 is 3.15. The maximum absolute atomic E-state index is 11.1. The van der Waals surface area contributed by atoms with Gasteiger partial charge in [-0.25, -0.2) is 0 Å². The number of rotatable bonds is 2. The van der Waals surface area contributed by atoms with Crippen LogP contribution in [0.5, 0.6) is 5.75 Å². The van der Waals surface area contributed by atoms with Gasteiger partial charge in [0.15, 0.2) is 5.75 Å². The Morgan fingerprint density at radius 2 is 1.91 bits per heavy atom. The molecular weight excluding hydrogens is 176 g/mol. The Hall–Kier alpha value is -0.280. The van der Waals surface area contributed by atoms with E-state index in [1.54, 1.807) is 17.8 Å². The molecule has 1 rings (SSSR count). The maximum Gasteiger partial charge on any atom is 0.192 e. The van der Waals surface area contributed by atoms with Crippen LogP contribution in [0.3, 0.4) is 0 Å². The summed E-state index contributed by atoms with van der Waals surface area (Å²) < 4.78 is 0. The highest BCUT2D eigenvalue weighted by Crippen LogP contribution is 2.30. The predicted octanol–water partition coefficient (Wildman–Crippen LogP) is 3.27. The summed E-state index contributed by atoms with van der Waals surface area (Å²) in [5.41, 5.74) is 0. The van der Waals surface area contributed by atoms with Crippen molar-refractivity contribution in [3.8, 4) is 5.75 Å². The third-order valence-corrected chi connectivity index (χ3v) is 2.85. The largest absolute Gasteiger partial charge is 0.289 e. The van der Waals surface area contributed by atoms with Crippen molar-refractivity contribution in [3.05, 3.63) is 18.2 Å². The average Bonchev–Trinajstić information content (AvgIpc) is 2.05. The van der Waals surface area contributed by atoms with Crippen molar-refractivity contribution >= 4 is 23.5 Å². The lowest BCUT2D eigenvalue weighted by Gasteiger charge is -1.99. The average molecular weight is 185 g/mol. The second-order valence-corrected chi connectivity index (χ2v) is 3.74. The SMILES string of the molecule is CSc1ccc([O])c(SC)c1. The molecule has 0 N–H and O–H groups in total. The van der Waals surface area contributed by atoms with Crippen LogP contribution in [-0.4, -0.2) is 12.5 Å². The van der Waals surface area contributed by atoms with E-state index in [2.05, 4.69) is 0 Å². The topological polar surface area (TPSA) is 19.9 Å². The van der Waals surface area contributed by atoms with Crippen LogP contribution in [-0.2, 0) is 5.11 Å². The molecule has 0 heterocycles. The first-order valence-electron chi connectivity index (χ1n) is 3.17. The Morgan fingerprint density at radius 3 is 2.45 bits per heavy atom. The molecule has 3 heteroatoms. The van der Waals surface area contributed by atoms with Crippen LogP contribution in [0.4, 0.5) is 0 Å². The van der Waals surface area contributed by atoms with Crippen LogP contribution in [0.1, 0.15) is 0 Å². The van der Waals surface area contributed by atoms with E-state index in [0.29, 0.717) is 0 Å². The third kappa shape index (κ3) is 2.07. The quantitative estimate of drug-likeness (QED) is 0.659. The van der Waals surface area contributed by atoms with Gasteiger partial charge in [-0.2, -0.15) is 0 Å². The fourth-order valence-electron chi connectivity index (χ4n) is 0.775. The Morgan fingerprint density at radius 1 is 1.18 bits per heavy atom. The summed E-state index contributed by atoms with van der Waals surface area (Å²) in [7, 11) is 0. The van der Waals surface area contributed by atoms with E-state index in [9.17, 15) is 5.11 Å². The molecule has 0 saturated carbocycles. The van der Waals surface area contributed by atoms with E-state index < -0.39 is 0 Å². The lowest BCUT2D eigenvalue weighted by Crippen LogP contribution is -1.73. The van der Waals surface area contributed by atoms with E-state index in [1.807, 2.05) is 24.6 Å². The highest BCUT2D eigenvalue weighted by molar-refractivity contribution is 7.99. The lowest BCUT2D eigenvalue weighted by molar-refractivity contribution is 0.344. The highest BCUT2D eigenvalue weighted by atomic mass is 32.2. The van der Waals surface area contributed by atoms with E-state index in [1.165, 1.54) is 11.8 Å². The zero-order valence-electron chi connectivity index (χ0n) is 6.46. The molecule has 0 saturated heterocycles. The fourth-order valence-corrected chi connectivity index (χ4v) is 1.80.